The van der Waals surface area contributed by atoms with Crippen LogP contribution in [-0.4, -0.2) is 24.4 Å². The van der Waals surface area contributed by atoms with E-state index >= 15 is 0 Å². The van der Waals surface area contributed by atoms with E-state index in [1.165, 1.54) is 18.6 Å². The minimum atomic E-state index is -4.28. The van der Waals surface area contributed by atoms with Gasteiger partial charge >= 0.3 is 6.18 Å². The third kappa shape index (κ3) is 9.19. The van der Waals surface area contributed by atoms with Crippen LogP contribution in [0.1, 0.15) is 55.9 Å². The van der Waals surface area contributed by atoms with Gasteiger partial charge in [-0.3, -0.25) is 4.79 Å². The van der Waals surface area contributed by atoms with E-state index in [2.05, 4.69) is 13.8 Å². The van der Waals surface area contributed by atoms with Gasteiger partial charge in [0.05, 0.1) is 16.1 Å². The second-order valence-corrected chi connectivity index (χ2v) is 9.22. The standard InChI is InChI=1S/C9H8ClF3.C9H17NO.C8H6ClN/c1-2-6-5-7(10)3-4-8(6)9(11,12)13;1-4-7(2)8-5-9(11)10(3)6-8;1-6-2-3-7(5-10)8(9)4-6/h3-5H,2H2,1H3;7-8H,4-6H2,1-3H3;2-4H,1H3. The van der Waals surface area contributed by atoms with Crippen molar-refractivity contribution in [1.82, 2.24) is 4.90 Å². The molecular formula is C26H31Cl2F3N2O. The summed E-state index contributed by atoms with van der Waals surface area (Å²) in [5.41, 5.74) is 1.25. The van der Waals surface area contributed by atoms with Crippen molar-refractivity contribution in [1.29, 1.82) is 5.26 Å². The first-order valence-electron chi connectivity index (χ1n) is 11.1. The van der Waals surface area contributed by atoms with Gasteiger partial charge in [-0.05, 0) is 66.6 Å². The zero-order valence-electron chi connectivity index (χ0n) is 20.1. The third-order valence-corrected chi connectivity index (χ3v) is 6.37. The molecule has 1 fully saturated rings. The fourth-order valence-corrected chi connectivity index (χ4v) is 3.93. The number of nitrogens with zero attached hydrogens (tertiary/aromatic N) is 2. The molecule has 1 saturated heterocycles. The van der Waals surface area contributed by atoms with Gasteiger partial charge in [0.25, 0.3) is 0 Å². The monoisotopic (exact) mass is 514 g/mol. The van der Waals surface area contributed by atoms with Crippen molar-refractivity contribution in [3.8, 4) is 6.07 Å². The maximum Gasteiger partial charge on any atom is 0.416 e. The van der Waals surface area contributed by atoms with E-state index in [0.29, 0.717) is 39.8 Å². The predicted octanol–water partition coefficient (Wildman–Crippen LogP) is 7.95. The van der Waals surface area contributed by atoms with Gasteiger partial charge in [-0.2, -0.15) is 18.4 Å². The van der Waals surface area contributed by atoms with E-state index in [1.54, 1.807) is 19.1 Å². The normalized spacial score (nSPS) is 16.1. The Morgan fingerprint density at radius 3 is 2.26 bits per heavy atom. The Morgan fingerprint density at radius 1 is 1.18 bits per heavy atom. The maximum absolute atomic E-state index is 12.3. The first-order chi connectivity index (χ1) is 15.8. The molecule has 2 aromatic rings. The molecule has 186 valence electrons. The Labute approximate surface area is 210 Å². The molecule has 34 heavy (non-hydrogen) atoms. The largest absolute Gasteiger partial charge is 0.416 e. The molecule has 2 aromatic carbocycles. The zero-order valence-corrected chi connectivity index (χ0v) is 21.7. The Bertz CT molecular complexity index is 1000. The molecule has 1 heterocycles. The Balaban J connectivity index is 0.000000257. The van der Waals surface area contributed by atoms with E-state index < -0.39 is 11.7 Å². The van der Waals surface area contributed by atoms with Gasteiger partial charge in [-0.1, -0.05) is 56.5 Å². The lowest BCUT2D eigenvalue weighted by molar-refractivity contribution is -0.138. The topological polar surface area (TPSA) is 44.1 Å². The summed E-state index contributed by atoms with van der Waals surface area (Å²) >= 11 is 11.3. The average molecular weight is 515 g/mol. The van der Waals surface area contributed by atoms with Crippen molar-refractivity contribution in [3.63, 3.8) is 0 Å². The minimum Gasteiger partial charge on any atom is -0.345 e. The number of benzene rings is 2. The summed E-state index contributed by atoms with van der Waals surface area (Å²) in [6.07, 6.45) is -2.00. The van der Waals surface area contributed by atoms with Gasteiger partial charge in [0.15, 0.2) is 0 Å². The second-order valence-electron chi connectivity index (χ2n) is 8.37. The van der Waals surface area contributed by atoms with Gasteiger partial charge in [0, 0.05) is 25.0 Å². The number of amides is 1. The van der Waals surface area contributed by atoms with Crippen LogP contribution in [0, 0.1) is 30.1 Å². The summed E-state index contributed by atoms with van der Waals surface area (Å²) in [7, 11) is 1.89. The van der Waals surface area contributed by atoms with Crippen LogP contribution >= 0.6 is 23.2 Å². The fourth-order valence-electron chi connectivity index (χ4n) is 3.45. The smallest absolute Gasteiger partial charge is 0.345 e. The summed E-state index contributed by atoms with van der Waals surface area (Å²) in [6, 6.07) is 11.0. The van der Waals surface area contributed by atoms with Gasteiger partial charge in [0.2, 0.25) is 5.91 Å². The van der Waals surface area contributed by atoms with Crippen molar-refractivity contribution in [3.05, 3.63) is 68.7 Å². The zero-order chi connectivity index (χ0) is 26.1. The number of carbonyl (C=O) groups excluding carboxylic acids is 1. The molecule has 1 amide bonds. The van der Waals surface area contributed by atoms with Crippen LogP contribution in [0.4, 0.5) is 13.2 Å². The molecule has 0 N–H and O–H groups in total. The molecule has 8 heteroatoms. The van der Waals surface area contributed by atoms with Crippen LogP contribution in [0.15, 0.2) is 36.4 Å². The van der Waals surface area contributed by atoms with Crippen molar-refractivity contribution < 1.29 is 18.0 Å². The molecular weight excluding hydrogens is 484 g/mol. The quantitative estimate of drug-likeness (QED) is 0.416. The van der Waals surface area contributed by atoms with Crippen LogP contribution in [0.3, 0.4) is 0 Å². The second kappa shape index (κ2) is 13.6. The number of halogens is 5. The number of hydrogen-bond donors (Lipinski definition) is 0. The number of hydrogen-bond acceptors (Lipinski definition) is 2. The molecule has 0 aromatic heterocycles. The summed E-state index contributed by atoms with van der Waals surface area (Å²) in [5.74, 6) is 1.62. The molecule has 0 saturated carbocycles. The highest BCUT2D eigenvalue weighted by Gasteiger charge is 2.32. The molecule has 3 rings (SSSR count). The van der Waals surface area contributed by atoms with E-state index in [-0.39, 0.29) is 5.56 Å². The number of nitriles is 1. The number of alkyl halides is 3. The molecule has 1 aliphatic heterocycles. The molecule has 0 aliphatic carbocycles. The number of likely N-dealkylation sites (tertiary alicyclic amines) is 1. The lowest BCUT2D eigenvalue weighted by Crippen LogP contribution is -2.20. The van der Waals surface area contributed by atoms with Crippen LogP contribution in [0.5, 0.6) is 0 Å². The summed E-state index contributed by atoms with van der Waals surface area (Å²) in [6.45, 7) is 8.99. The lowest BCUT2D eigenvalue weighted by atomic mass is 9.91. The Kier molecular flexibility index (Phi) is 11.9. The van der Waals surface area contributed by atoms with Gasteiger partial charge in [0.1, 0.15) is 6.07 Å². The van der Waals surface area contributed by atoms with Crippen molar-refractivity contribution in [2.45, 2.75) is 53.1 Å². The van der Waals surface area contributed by atoms with Crippen molar-refractivity contribution in [2.24, 2.45) is 11.8 Å². The Morgan fingerprint density at radius 2 is 1.82 bits per heavy atom. The maximum atomic E-state index is 12.3. The van der Waals surface area contributed by atoms with Crippen LogP contribution < -0.4 is 0 Å². The van der Waals surface area contributed by atoms with E-state index in [0.717, 1.165) is 24.6 Å². The number of aryl methyl sites for hydroxylation is 2. The van der Waals surface area contributed by atoms with Gasteiger partial charge < -0.3 is 4.90 Å². The third-order valence-electron chi connectivity index (χ3n) is 5.82. The molecule has 0 radical (unpaired) electrons. The molecule has 0 bridgehead atoms. The Hall–Kier alpha value is -2.23. The van der Waals surface area contributed by atoms with Gasteiger partial charge in [-0.25, -0.2) is 0 Å². The highest BCUT2D eigenvalue weighted by atomic mass is 35.5. The van der Waals surface area contributed by atoms with Crippen molar-refractivity contribution >= 4 is 29.1 Å². The summed E-state index contributed by atoms with van der Waals surface area (Å²) < 4.78 is 37.0. The molecule has 1 aliphatic rings. The minimum absolute atomic E-state index is 0.236. The van der Waals surface area contributed by atoms with Crippen LogP contribution in [-0.2, 0) is 17.4 Å². The summed E-state index contributed by atoms with van der Waals surface area (Å²) in [5, 5.41) is 9.34. The molecule has 0 spiro atoms. The summed E-state index contributed by atoms with van der Waals surface area (Å²) in [4.78, 5) is 13.0. The predicted molar refractivity (Wildman–Crippen MR) is 132 cm³/mol. The SMILES string of the molecule is CCC(C)C1CC(=O)N(C)C1.CCc1cc(Cl)ccc1C(F)(F)F.Cc1ccc(C#N)c(Cl)c1. The highest BCUT2D eigenvalue weighted by molar-refractivity contribution is 6.31. The highest BCUT2D eigenvalue weighted by Crippen LogP contribution is 2.33. The number of rotatable bonds is 3. The average Bonchev–Trinajstić information content (AvgIpc) is 3.11. The first-order valence-corrected chi connectivity index (χ1v) is 11.8. The van der Waals surface area contributed by atoms with E-state index in [1.807, 2.05) is 31.0 Å². The number of carbonyl (C=O) groups is 1. The molecule has 2 unspecified atom stereocenters. The van der Waals surface area contributed by atoms with Gasteiger partial charge in [-0.15, -0.1) is 0 Å². The fraction of sp³-hybridized carbons (Fsp3) is 0.462. The van der Waals surface area contributed by atoms with E-state index in [4.69, 9.17) is 28.5 Å². The molecule has 2 atom stereocenters. The van der Waals surface area contributed by atoms with Crippen LogP contribution in [0.2, 0.25) is 10.0 Å². The van der Waals surface area contributed by atoms with Crippen molar-refractivity contribution in [2.75, 3.05) is 13.6 Å². The lowest BCUT2D eigenvalue weighted by Gasteiger charge is -2.15. The molecule has 3 nitrogen and oxygen atoms in total. The first kappa shape index (κ1) is 29.8. The van der Waals surface area contributed by atoms with Crippen LogP contribution in [0.25, 0.3) is 0 Å². The van der Waals surface area contributed by atoms with E-state index in [9.17, 15) is 18.0 Å².